The number of rotatable bonds is 6. The van der Waals surface area contributed by atoms with Gasteiger partial charge in [-0.15, -0.1) is 11.3 Å². The molecule has 0 aliphatic carbocycles. The van der Waals surface area contributed by atoms with E-state index in [-0.39, 0.29) is 6.10 Å². The summed E-state index contributed by atoms with van der Waals surface area (Å²) in [6, 6.07) is 6.18. The fourth-order valence-electron chi connectivity index (χ4n) is 1.75. The third-order valence-corrected chi connectivity index (χ3v) is 3.67. The molecular formula is C13H19N3OS. The van der Waals surface area contributed by atoms with E-state index in [2.05, 4.69) is 27.5 Å². The molecule has 0 radical (unpaired) electrons. The van der Waals surface area contributed by atoms with Crippen molar-refractivity contribution in [3.8, 4) is 0 Å². The summed E-state index contributed by atoms with van der Waals surface area (Å²) >= 11 is 1.72. The normalized spacial score (nSPS) is 13.1. The first kappa shape index (κ1) is 13.3. The van der Waals surface area contributed by atoms with Crippen LogP contribution in [0.1, 0.15) is 16.7 Å². The minimum atomic E-state index is -0.0163. The lowest BCUT2D eigenvalue weighted by atomic mass is 10.2. The van der Waals surface area contributed by atoms with Gasteiger partial charge in [0.25, 0.3) is 0 Å². The molecule has 0 aliphatic heterocycles. The van der Waals surface area contributed by atoms with Crippen LogP contribution in [0.4, 0.5) is 0 Å². The zero-order valence-electron chi connectivity index (χ0n) is 11.0. The Labute approximate surface area is 112 Å². The fourth-order valence-corrected chi connectivity index (χ4v) is 2.53. The van der Waals surface area contributed by atoms with Crippen molar-refractivity contribution in [2.75, 3.05) is 27.2 Å². The van der Waals surface area contributed by atoms with Crippen LogP contribution in [0.15, 0.2) is 29.8 Å². The van der Waals surface area contributed by atoms with Crippen molar-refractivity contribution in [2.24, 2.45) is 7.05 Å². The Morgan fingerprint density at radius 3 is 2.83 bits per heavy atom. The maximum atomic E-state index is 6.03. The molecular weight excluding hydrogens is 246 g/mol. The summed E-state index contributed by atoms with van der Waals surface area (Å²) in [6.07, 6.45) is 1.79. The molecule has 0 fully saturated rings. The van der Waals surface area contributed by atoms with Crippen molar-refractivity contribution in [2.45, 2.75) is 6.10 Å². The topological polar surface area (TPSA) is 30.3 Å². The Morgan fingerprint density at radius 2 is 2.28 bits per heavy atom. The summed E-state index contributed by atoms with van der Waals surface area (Å²) in [5.41, 5.74) is 1.09. The molecule has 1 unspecified atom stereocenters. The molecule has 1 atom stereocenters. The van der Waals surface area contributed by atoms with Crippen LogP contribution in [0, 0.1) is 0 Å². The minimum Gasteiger partial charge on any atom is -0.365 e. The van der Waals surface area contributed by atoms with Crippen LogP contribution in [-0.2, 0) is 11.8 Å². The first-order valence-corrected chi connectivity index (χ1v) is 6.84. The summed E-state index contributed by atoms with van der Waals surface area (Å²) in [5, 5.41) is 6.30. The van der Waals surface area contributed by atoms with Crippen molar-refractivity contribution in [1.29, 1.82) is 0 Å². The van der Waals surface area contributed by atoms with Crippen molar-refractivity contribution >= 4 is 11.3 Å². The molecule has 98 valence electrons. The molecule has 0 amide bonds. The smallest absolute Gasteiger partial charge is 0.133 e. The average Bonchev–Trinajstić information content (AvgIpc) is 2.96. The highest BCUT2D eigenvalue weighted by molar-refractivity contribution is 7.10. The van der Waals surface area contributed by atoms with Crippen molar-refractivity contribution in [3.05, 3.63) is 40.3 Å². The lowest BCUT2D eigenvalue weighted by molar-refractivity contribution is 0.0660. The molecule has 4 nitrogen and oxygen atoms in total. The zero-order chi connectivity index (χ0) is 13.0. The Kier molecular flexibility index (Phi) is 4.52. The van der Waals surface area contributed by atoms with E-state index in [0.717, 1.165) is 12.2 Å². The second-order valence-electron chi connectivity index (χ2n) is 4.45. The number of aryl methyl sites for hydroxylation is 1. The number of aromatic nitrogens is 2. The van der Waals surface area contributed by atoms with E-state index in [1.165, 1.54) is 4.88 Å². The maximum absolute atomic E-state index is 6.03. The number of hydrogen-bond acceptors (Lipinski definition) is 4. The molecule has 2 aromatic rings. The van der Waals surface area contributed by atoms with E-state index in [4.69, 9.17) is 4.74 Å². The number of hydrogen-bond donors (Lipinski definition) is 0. The van der Waals surface area contributed by atoms with Gasteiger partial charge in [0.05, 0.1) is 12.3 Å². The van der Waals surface area contributed by atoms with Crippen LogP contribution in [0.3, 0.4) is 0 Å². The zero-order valence-corrected chi connectivity index (χ0v) is 11.9. The molecule has 18 heavy (non-hydrogen) atoms. The van der Waals surface area contributed by atoms with Crippen molar-refractivity contribution < 1.29 is 4.74 Å². The summed E-state index contributed by atoms with van der Waals surface area (Å²) in [4.78, 5) is 3.34. The monoisotopic (exact) mass is 265 g/mol. The molecule has 0 aromatic carbocycles. The van der Waals surface area contributed by atoms with E-state index in [1.54, 1.807) is 11.3 Å². The van der Waals surface area contributed by atoms with Crippen LogP contribution < -0.4 is 0 Å². The number of likely N-dealkylation sites (N-methyl/N-ethyl adjacent to an activating group) is 1. The van der Waals surface area contributed by atoms with Gasteiger partial charge in [0, 0.05) is 24.7 Å². The molecule has 0 spiro atoms. The maximum Gasteiger partial charge on any atom is 0.133 e. The molecule has 0 saturated carbocycles. The molecule has 2 rings (SSSR count). The molecule has 2 aromatic heterocycles. The summed E-state index contributed by atoms with van der Waals surface area (Å²) < 4.78 is 7.91. The number of ether oxygens (including phenoxy) is 1. The minimum absolute atomic E-state index is 0.0163. The molecule has 0 N–H and O–H groups in total. The van der Waals surface area contributed by atoms with Crippen molar-refractivity contribution in [3.63, 3.8) is 0 Å². The average molecular weight is 265 g/mol. The lowest BCUT2D eigenvalue weighted by Gasteiger charge is -2.18. The highest BCUT2D eigenvalue weighted by atomic mass is 32.1. The lowest BCUT2D eigenvalue weighted by Crippen LogP contribution is -2.20. The second kappa shape index (κ2) is 6.13. The van der Waals surface area contributed by atoms with Gasteiger partial charge >= 0.3 is 0 Å². The van der Waals surface area contributed by atoms with Crippen molar-refractivity contribution in [1.82, 2.24) is 14.7 Å². The Hall–Kier alpha value is -1.17. The fraction of sp³-hybridized carbons (Fsp3) is 0.462. The van der Waals surface area contributed by atoms with Gasteiger partial charge in [-0.05, 0) is 31.6 Å². The van der Waals surface area contributed by atoms with Crippen LogP contribution in [-0.4, -0.2) is 41.9 Å². The van der Waals surface area contributed by atoms with Crippen LogP contribution in [0.25, 0.3) is 0 Å². The molecule has 0 bridgehead atoms. The highest BCUT2D eigenvalue weighted by Gasteiger charge is 2.18. The van der Waals surface area contributed by atoms with Gasteiger partial charge in [0.15, 0.2) is 0 Å². The standard InChI is InChI=1S/C13H19N3OS/c1-15(2)8-9-17-13(12-5-4-10-18-12)11-6-7-14-16(11)3/h4-7,10,13H,8-9H2,1-3H3. The van der Waals surface area contributed by atoms with Gasteiger partial charge < -0.3 is 9.64 Å². The predicted molar refractivity (Wildman–Crippen MR) is 73.9 cm³/mol. The summed E-state index contributed by atoms with van der Waals surface area (Å²) in [6.45, 7) is 1.63. The van der Waals surface area contributed by atoms with Gasteiger partial charge in [-0.25, -0.2) is 0 Å². The Balaban J connectivity index is 2.12. The molecule has 2 heterocycles. The third kappa shape index (κ3) is 3.19. The molecule has 0 saturated heterocycles. The van der Waals surface area contributed by atoms with Gasteiger partial charge in [-0.3, -0.25) is 4.68 Å². The SMILES string of the molecule is CN(C)CCOC(c1cccs1)c1ccnn1C. The largest absolute Gasteiger partial charge is 0.365 e. The van der Waals surface area contributed by atoms with E-state index in [1.807, 2.05) is 38.1 Å². The molecule has 0 aliphatic rings. The Morgan fingerprint density at radius 1 is 1.44 bits per heavy atom. The van der Waals surface area contributed by atoms with E-state index < -0.39 is 0 Å². The summed E-state index contributed by atoms with van der Waals surface area (Å²) in [5.74, 6) is 0. The van der Waals surface area contributed by atoms with E-state index >= 15 is 0 Å². The first-order chi connectivity index (χ1) is 8.68. The Bertz CT molecular complexity index is 464. The van der Waals surface area contributed by atoms with Crippen LogP contribution in [0.5, 0.6) is 0 Å². The third-order valence-electron chi connectivity index (χ3n) is 2.75. The van der Waals surface area contributed by atoms with E-state index in [0.29, 0.717) is 6.61 Å². The van der Waals surface area contributed by atoms with Gasteiger partial charge in [0.1, 0.15) is 6.10 Å². The molecule has 5 heteroatoms. The number of thiophene rings is 1. The first-order valence-electron chi connectivity index (χ1n) is 5.96. The second-order valence-corrected chi connectivity index (χ2v) is 5.43. The predicted octanol–water partition coefficient (Wildman–Crippen LogP) is 2.15. The van der Waals surface area contributed by atoms with Gasteiger partial charge in [-0.1, -0.05) is 6.07 Å². The quantitative estimate of drug-likeness (QED) is 0.801. The number of nitrogens with zero attached hydrogens (tertiary/aromatic N) is 3. The highest BCUT2D eigenvalue weighted by Crippen LogP contribution is 2.28. The van der Waals surface area contributed by atoms with Crippen LogP contribution in [0.2, 0.25) is 0 Å². The van der Waals surface area contributed by atoms with Gasteiger partial charge in [-0.2, -0.15) is 5.10 Å². The summed E-state index contributed by atoms with van der Waals surface area (Å²) in [7, 11) is 6.05. The van der Waals surface area contributed by atoms with Crippen LogP contribution >= 0.6 is 11.3 Å². The van der Waals surface area contributed by atoms with Gasteiger partial charge in [0.2, 0.25) is 0 Å². The van der Waals surface area contributed by atoms with E-state index in [9.17, 15) is 0 Å².